The molecule has 0 N–H and O–H groups in total. The molecule has 3 nitrogen and oxygen atoms in total. The first-order valence-electron chi connectivity index (χ1n) is 6.05. The molecule has 0 aliphatic heterocycles. The van der Waals surface area contributed by atoms with Crippen molar-refractivity contribution >= 4 is 0 Å². The quantitative estimate of drug-likeness (QED) is 0.834. The molecule has 0 atom stereocenters. The molecule has 0 unspecified atom stereocenters. The zero-order valence-corrected chi connectivity index (χ0v) is 10.3. The van der Waals surface area contributed by atoms with Crippen molar-refractivity contribution in [1.29, 1.82) is 0 Å². The number of hydrogen-bond acceptors (Lipinski definition) is 2. The molecule has 0 saturated heterocycles. The molecule has 0 amide bonds. The molecule has 1 aromatic heterocycles. The van der Waals surface area contributed by atoms with Gasteiger partial charge in [0.25, 0.3) is 5.82 Å². The van der Waals surface area contributed by atoms with Gasteiger partial charge in [-0.2, -0.15) is 13.2 Å². The van der Waals surface area contributed by atoms with Gasteiger partial charge in [0.05, 0.1) is 5.69 Å². The standard InChI is InChI=1S/C13H12F3N3/c1-8-6-10(9-2-3-9)4-5-11(8)19-7-17-12(18-19)13(14,15)16/h4-7,9H,2-3H2,1H3. The Morgan fingerprint density at radius 1 is 1.26 bits per heavy atom. The Balaban J connectivity index is 1.95. The fraction of sp³-hybridized carbons (Fsp3) is 0.385. The van der Waals surface area contributed by atoms with E-state index < -0.39 is 12.0 Å². The van der Waals surface area contributed by atoms with Crippen LogP contribution in [-0.4, -0.2) is 14.8 Å². The summed E-state index contributed by atoms with van der Waals surface area (Å²) in [7, 11) is 0. The van der Waals surface area contributed by atoms with Crippen molar-refractivity contribution < 1.29 is 13.2 Å². The normalized spacial score (nSPS) is 15.8. The van der Waals surface area contributed by atoms with Gasteiger partial charge >= 0.3 is 6.18 Å². The fourth-order valence-electron chi connectivity index (χ4n) is 2.12. The van der Waals surface area contributed by atoms with Crippen molar-refractivity contribution in [2.45, 2.75) is 31.9 Å². The highest BCUT2D eigenvalue weighted by molar-refractivity contribution is 5.43. The van der Waals surface area contributed by atoms with Gasteiger partial charge < -0.3 is 0 Å². The van der Waals surface area contributed by atoms with Crippen LogP contribution in [0.3, 0.4) is 0 Å². The van der Waals surface area contributed by atoms with Crippen LogP contribution < -0.4 is 0 Å². The molecule has 0 bridgehead atoms. The summed E-state index contributed by atoms with van der Waals surface area (Å²) in [6, 6.07) is 5.77. The smallest absolute Gasteiger partial charge is 0.220 e. The molecule has 6 heteroatoms. The lowest BCUT2D eigenvalue weighted by atomic mass is 10.1. The van der Waals surface area contributed by atoms with Crippen molar-refractivity contribution in [1.82, 2.24) is 14.8 Å². The summed E-state index contributed by atoms with van der Waals surface area (Å²) < 4.78 is 38.5. The molecule has 0 radical (unpaired) electrons. The average Bonchev–Trinajstić information content (AvgIpc) is 3.05. The van der Waals surface area contributed by atoms with E-state index in [9.17, 15) is 13.2 Å². The van der Waals surface area contributed by atoms with E-state index in [-0.39, 0.29) is 0 Å². The number of aromatic nitrogens is 3. The number of halogens is 3. The number of rotatable bonds is 2. The maximum absolute atomic E-state index is 12.5. The van der Waals surface area contributed by atoms with Gasteiger partial charge in [-0.05, 0) is 42.9 Å². The first-order valence-corrected chi connectivity index (χ1v) is 6.05. The van der Waals surface area contributed by atoms with Crippen LogP contribution in [0, 0.1) is 6.92 Å². The van der Waals surface area contributed by atoms with E-state index in [0.717, 1.165) is 11.9 Å². The monoisotopic (exact) mass is 267 g/mol. The van der Waals surface area contributed by atoms with E-state index in [1.165, 1.54) is 23.1 Å². The maximum Gasteiger partial charge on any atom is 0.453 e. The summed E-state index contributed by atoms with van der Waals surface area (Å²) in [6.07, 6.45) is -1.02. The van der Waals surface area contributed by atoms with E-state index in [1.807, 2.05) is 19.1 Å². The second kappa shape index (κ2) is 4.08. The first-order chi connectivity index (χ1) is 8.95. The van der Waals surface area contributed by atoms with Crippen LogP contribution in [0.1, 0.15) is 35.7 Å². The van der Waals surface area contributed by atoms with Gasteiger partial charge in [0, 0.05) is 0 Å². The zero-order chi connectivity index (χ0) is 13.6. The summed E-state index contributed by atoms with van der Waals surface area (Å²) in [5.41, 5.74) is 2.79. The Morgan fingerprint density at radius 2 is 2.00 bits per heavy atom. The van der Waals surface area contributed by atoms with Gasteiger partial charge in [-0.1, -0.05) is 12.1 Å². The number of nitrogens with zero attached hydrogens (tertiary/aromatic N) is 3. The Morgan fingerprint density at radius 3 is 2.53 bits per heavy atom. The van der Waals surface area contributed by atoms with E-state index in [4.69, 9.17) is 0 Å². The zero-order valence-electron chi connectivity index (χ0n) is 10.3. The van der Waals surface area contributed by atoms with Gasteiger partial charge in [0.1, 0.15) is 6.33 Å². The van der Waals surface area contributed by atoms with Gasteiger partial charge in [-0.3, -0.25) is 0 Å². The average molecular weight is 267 g/mol. The van der Waals surface area contributed by atoms with E-state index in [0.29, 0.717) is 11.6 Å². The summed E-state index contributed by atoms with van der Waals surface area (Å²) >= 11 is 0. The highest BCUT2D eigenvalue weighted by Gasteiger charge is 2.36. The summed E-state index contributed by atoms with van der Waals surface area (Å²) in [4.78, 5) is 3.30. The van der Waals surface area contributed by atoms with Crippen molar-refractivity contribution in [2.24, 2.45) is 0 Å². The largest absolute Gasteiger partial charge is 0.453 e. The number of hydrogen-bond donors (Lipinski definition) is 0. The Kier molecular flexibility index (Phi) is 2.62. The molecule has 1 saturated carbocycles. The second-order valence-electron chi connectivity index (χ2n) is 4.83. The fourth-order valence-corrected chi connectivity index (χ4v) is 2.12. The van der Waals surface area contributed by atoms with Crippen LogP contribution in [0.5, 0.6) is 0 Å². The van der Waals surface area contributed by atoms with Crippen molar-refractivity contribution in [3.05, 3.63) is 41.5 Å². The van der Waals surface area contributed by atoms with Gasteiger partial charge in [-0.15, -0.1) is 5.10 Å². The van der Waals surface area contributed by atoms with Crippen molar-refractivity contribution in [3.8, 4) is 5.69 Å². The molecule has 1 aliphatic rings. The molecule has 100 valence electrons. The first kappa shape index (κ1) is 12.2. The minimum Gasteiger partial charge on any atom is -0.220 e. The van der Waals surface area contributed by atoms with Gasteiger partial charge in [0.15, 0.2) is 0 Å². The van der Waals surface area contributed by atoms with E-state index >= 15 is 0 Å². The molecule has 0 spiro atoms. The molecule has 3 rings (SSSR count). The van der Waals surface area contributed by atoms with E-state index in [2.05, 4.69) is 10.1 Å². The Bertz CT molecular complexity index is 612. The highest BCUT2D eigenvalue weighted by atomic mass is 19.4. The lowest BCUT2D eigenvalue weighted by Gasteiger charge is -2.07. The maximum atomic E-state index is 12.5. The van der Waals surface area contributed by atoms with Crippen LogP contribution in [0.2, 0.25) is 0 Å². The SMILES string of the molecule is Cc1cc(C2CC2)ccc1-n1cnc(C(F)(F)F)n1. The minimum atomic E-state index is -4.51. The van der Waals surface area contributed by atoms with Gasteiger partial charge in [-0.25, -0.2) is 9.67 Å². The molecule has 19 heavy (non-hydrogen) atoms. The van der Waals surface area contributed by atoms with Crippen LogP contribution in [0.4, 0.5) is 13.2 Å². The Labute approximate surface area is 108 Å². The predicted molar refractivity (Wildman–Crippen MR) is 63.1 cm³/mol. The Hall–Kier alpha value is -1.85. The third-order valence-corrected chi connectivity index (χ3v) is 3.26. The predicted octanol–water partition coefficient (Wildman–Crippen LogP) is 3.47. The molecule has 1 aromatic carbocycles. The number of benzene rings is 1. The molecular weight excluding hydrogens is 255 g/mol. The lowest BCUT2D eigenvalue weighted by Crippen LogP contribution is -2.09. The van der Waals surface area contributed by atoms with Crippen LogP contribution >= 0.6 is 0 Å². The number of alkyl halides is 3. The second-order valence-corrected chi connectivity index (χ2v) is 4.83. The van der Waals surface area contributed by atoms with Crippen LogP contribution in [0.25, 0.3) is 5.69 Å². The third kappa shape index (κ3) is 2.34. The molecule has 1 aliphatic carbocycles. The third-order valence-electron chi connectivity index (χ3n) is 3.26. The molecule has 1 heterocycles. The highest BCUT2D eigenvalue weighted by Crippen LogP contribution is 2.40. The van der Waals surface area contributed by atoms with Crippen molar-refractivity contribution in [3.63, 3.8) is 0 Å². The molecular formula is C13H12F3N3. The van der Waals surface area contributed by atoms with Gasteiger partial charge in [0.2, 0.25) is 0 Å². The topological polar surface area (TPSA) is 30.7 Å². The molecule has 2 aromatic rings. The van der Waals surface area contributed by atoms with Crippen LogP contribution in [0.15, 0.2) is 24.5 Å². The van der Waals surface area contributed by atoms with E-state index in [1.54, 1.807) is 6.07 Å². The van der Waals surface area contributed by atoms with Crippen LogP contribution in [-0.2, 0) is 6.18 Å². The van der Waals surface area contributed by atoms with Crippen molar-refractivity contribution in [2.75, 3.05) is 0 Å². The summed E-state index contributed by atoms with van der Waals surface area (Å²) in [5, 5.41) is 3.48. The summed E-state index contributed by atoms with van der Waals surface area (Å²) in [5.74, 6) is -0.493. The lowest BCUT2D eigenvalue weighted by molar-refractivity contribution is -0.144. The minimum absolute atomic E-state index is 0.620. The number of aryl methyl sites for hydroxylation is 1. The molecule has 1 fully saturated rings. The summed E-state index contributed by atoms with van der Waals surface area (Å²) in [6.45, 7) is 1.87.